The lowest BCUT2D eigenvalue weighted by Crippen LogP contribution is -2.15. The number of nitrogens with zero attached hydrogens (tertiary/aromatic N) is 3. The summed E-state index contributed by atoms with van der Waals surface area (Å²) in [7, 11) is 0. The molecule has 150 valence electrons. The first-order valence-electron chi connectivity index (χ1n) is 9.84. The van der Waals surface area contributed by atoms with Gasteiger partial charge in [-0.25, -0.2) is 0 Å². The standard InChI is InChI=1S/C22H24N4O2S/c1-16-6-10-18(11-7-16)26-15-23-25-22(26)29-14-21(27)24-17-8-12-20(13-9-17)28-19-4-2-3-5-19/h6-13,15,19H,2-5,14H2,1H3,(H,24,27). The number of anilines is 1. The summed E-state index contributed by atoms with van der Waals surface area (Å²) in [6.07, 6.45) is 6.74. The first-order chi connectivity index (χ1) is 14.2. The Morgan fingerprint density at radius 3 is 2.59 bits per heavy atom. The Morgan fingerprint density at radius 1 is 1.14 bits per heavy atom. The number of amides is 1. The first kappa shape index (κ1) is 19.5. The van der Waals surface area contributed by atoms with Gasteiger partial charge in [-0.2, -0.15) is 0 Å². The monoisotopic (exact) mass is 408 g/mol. The summed E-state index contributed by atoms with van der Waals surface area (Å²) in [6.45, 7) is 2.04. The molecular formula is C22H24N4O2S. The fourth-order valence-corrected chi connectivity index (χ4v) is 4.08. The van der Waals surface area contributed by atoms with Crippen LogP contribution < -0.4 is 10.1 Å². The molecule has 1 heterocycles. The van der Waals surface area contributed by atoms with E-state index in [0.29, 0.717) is 11.3 Å². The third-order valence-corrected chi connectivity index (χ3v) is 5.85. The van der Waals surface area contributed by atoms with Crippen molar-refractivity contribution in [3.05, 3.63) is 60.4 Å². The minimum atomic E-state index is -0.0853. The molecule has 0 saturated heterocycles. The van der Waals surface area contributed by atoms with E-state index in [-0.39, 0.29) is 11.7 Å². The third kappa shape index (κ3) is 5.17. The highest BCUT2D eigenvalue weighted by atomic mass is 32.2. The van der Waals surface area contributed by atoms with Gasteiger partial charge in [0.25, 0.3) is 0 Å². The molecule has 1 amide bonds. The summed E-state index contributed by atoms with van der Waals surface area (Å²) in [5.41, 5.74) is 2.92. The van der Waals surface area contributed by atoms with Crippen molar-refractivity contribution < 1.29 is 9.53 Å². The van der Waals surface area contributed by atoms with Gasteiger partial charge in [0.2, 0.25) is 5.91 Å². The molecule has 0 aliphatic heterocycles. The Kier molecular flexibility index (Phi) is 6.14. The van der Waals surface area contributed by atoms with Crippen molar-refractivity contribution in [3.63, 3.8) is 0 Å². The highest BCUT2D eigenvalue weighted by Crippen LogP contribution is 2.25. The normalized spacial score (nSPS) is 14.1. The third-order valence-electron chi connectivity index (χ3n) is 4.90. The number of rotatable bonds is 7. The summed E-state index contributed by atoms with van der Waals surface area (Å²) < 4.78 is 7.84. The molecule has 2 aromatic carbocycles. The van der Waals surface area contributed by atoms with E-state index in [1.165, 1.54) is 30.2 Å². The van der Waals surface area contributed by atoms with Crippen LogP contribution in [0.15, 0.2) is 60.0 Å². The molecule has 0 unspecified atom stereocenters. The van der Waals surface area contributed by atoms with Gasteiger partial charge in [0.1, 0.15) is 12.1 Å². The molecule has 1 aromatic heterocycles. The molecule has 1 N–H and O–H groups in total. The van der Waals surface area contributed by atoms with Crippen molar-refractivity contribution in [2.75, 3.05) is 11.1 Å². The Hall–Kier alpha value is -2.80. The summed E-state index contributed by atoms with van der Waals surface area (Å²) in [5, 5.41) is 11.7. The summed E-state index contributed by atoms with van der Waals surface area (Å²) >= 11 is 1.36. The smallest absolute Gasteiger partial charge is 0.234 e. The lowest BCUT2D eigenvalue weighted by atomic mass is 10.2. The Morgan fingerprint density at radius 2 is 1.86 bits per heavy atom. The number of nitrogens with one attached hydrogen (secondary N) is 1. The van der Waals surface area contributed by atoms with Gasteiger partial charge >= 0.3 is 0 Å². The molecule has 0 atom stereocenters. The minimum absolute atomic E-state index is 0.0853. The predicted molar refractivity (Wildman–Crippen MR) is 115 cm³/mol. The van der Waals surface area contributed by atoms with Gasteiger partial charge in [-0.05, 0) is 69.0 Å². The SMILES string of the molecule is Cc1ccc(-n2cnnc2SCC(=O)Nc2ccc(OC3CCCC3)cc2)cc1. The zero-order chi connectivity index (χ0) is 20.1. The summed E-state index contributed by atoms with van der Waals surface area (Å²) in [4.78, 5) is 12.3. The molecule has 1 saturated carbocycles. The van der Waals surface area contributed by atoms with Crippen molar-refractivity contribution in [2.45, 2.75) is 43.9 Å². The molecule has 7 heteroatoms. The van der Waals surface area contributed by atoms with E-state index in [9.17, 15) is 4.79 Å². The zero-order valence-electron chi connectivity index (χ0n) is 16.4. The molecule has 6 nitrogen and oxygen atoms in total. The van der Waals surface area contributed by atoms with E-state index in [1.54, 1.807) is 6.33 Å². The maximum absolute atomic E-state index is 12.3. The van der Waals surface area contributed by atoms with E-state index >= 15 is 0 Å². The van der Waals surface area contributed by atoms with Crippen LogP contribution in [0, 0.1) is 6.92 Å². The van der Waals surface area contributed by atoms with Gasteiger partial charge < -0.3 is 10.1 Å². The highest BCUT2D eigenvalue weighted by Gasteiger charge is 2.16. The highest BCUT2D eigenvalue weighted by molar-refractivity contribution is 7.99. The van der Waals surface area contributed by atoms with Crippen molar-refractivity contribution in [3.8, 4) is 11.4 Å². The van der Waals surface area contributed by atoms with Crippen molar-refractivity contribution in [2.24, 2.45) is 0 Å². The van der Waals surface area contributed by atoms with E-state index < -0.39 is 0 Å². The molecule has 1 aliphatic carbocycles. The van der Waals surface area contributed by atoms with Gasteiger partial charge in [0, 0.05) is 11.4 Å². The lowest BCUT2D eigenvalue weighted by molar-refractivity contribution is -0.113. The average molecular weight is 409 g/mol. The summed E-state index contributed by atoms with van der Waals surface area (Å²) in [6, 6.07) is 15.7. The molecule has 1 aliphatic rings. The Balaban J connectivity index is 1.30. The first-order valence-corrected chi connectivity index (χ1v) is 10.8. The van der Waals surface area contributed by atoms with E-state index in [2.05, 4.69) is 15.5 Å². The van der Waals surface area contributed by atoms with Crippen LogP contribution in [-0.2, 0) is 4.79 Å². The van der Waals surface area contributed by atoms with Crippen molar-refractivity contribution in [1.29, 1.82) is 0 Å². The second kappa shape index (κ2) is 9.13. The lowest BCUT2D eigenvalue weighted by Gasteiger charge is -2.13. The fourth-order valence-electron chi connectivity index (χ4n) is 3.35. The van der Waals surface area contributed by atoms with Crippen LogP contribution in [0.4, 0.5) is 5.69 Å². The number of aromatic nitrogens is 3. The molecule has 1 fully saturated rings. The molecule has 29 heavy (non-hydrogen) atoms. The van der Waals surface area contributed by atoms with Crippen LogP contribution in [0.1, 0.15) is 31.2 Å². The minimum Gasteiger partial charge on any atom is -0.490 e. The molecular weight excluding hydrogens is 384 g/mol. The van der Waals surface area contributed by atoms with Gasteiger partial charge in [-0.15, -0.1) is 10.2 Å². The van der Waals surface area contributed by atoms with Crippen LogP contribution in [0.3, 0.4) is 0 Å². The number of hydrogen-bond donors (Lipinski definition) is 1. The van der Waals surface area contributed by atoms with Crippen LogP contribution in [0.5, 0.6) is 5.75 Å². The average Bonchev–Trinajstić information content (AvgIpc) is 3.40. The number of carbonyl (C=O) groups is 1. The van der Waals surface area contributed by atoms with E-state index in [1.807, 2.05) is 60.0 Å². The number of ether oxygens (including phenoxy) is 1. The Bertz CT molecular complexity index is 948. The molecule has 3 aromatic rings. The van der Waals surface area contributed by atoms with Crippen molar-refractivity contribution in [1.82, 2.24) is 14.8 Å². The van der Waals surface area contributed by atoms with Gasteiger partial charge in [-0.3, -0.25) is 9.36 Å². The summed E-state index contributed by atoms with van der Waals surface area (Å²) in [5.74, 6) is 1.03. The van der Waals surface area contributed by atoms with E-state index in [0.717, 1.165) is 30.0 Å². The topological polar surface area (TPSA) is 69.0 Å². The fraction of sp³-hybridized carbons (Fsp3) is 0.318. The van der Waals surface area contributed by atoms with Crippen LogP contribution >= 0.6 is 11.8 Å². The molecule has 0 bridgehead atoms. The zero-order valence-corrected chi connectivity index (χ0v) is 17.2. The molecule has 0 radical (unpaired) electrons. The number of hydrogen-bond acceptors (Lipinski definition) is 5. The second-order valence-corrected chi connectivity index (χ2v) is 8.15. The number of aryl methyl sites for hydroxylation is 1. The maximum Gasteiger partial charge on any atom is 0.234 e. The number of carbonyl (C=O) groups excluding carboxylic acids is 1. The number of benzene rings is 2. The largest absolute Gasteiger partial charge is 0.490 e. The van der Waals surface area contributed by atoms with Gasteiger partial charge in [0.15, 0.2) is 5.16 Å². The van der Waals surface area contributed by atoms with Crippen molar-refractivity contribution >= 4 is 23.4 Å². The molecule has 4 rings (SSSR count). The van der Waals surface area contributed by atoms with Gasteiger partial charge in [0.05, 0.1) is 11.9 Å². The quantitative estimate of drug-likeness (QED) is 0.577. The Labute approximate surface area is 174 Å². The van der Waals surface area contributed by atoms with Crippen LogP contribution in [0.25, 0.3) is 5.69 Å². The van der Waals surface area contributed by atoms with Crippen LogP contribution in [0.2, 0.25) is 0 Å². The maximum atomic E-state index is 12.3. The van der Waals surface area contributed by atoms with E-state index in [4.69, 9.17) is 4.74 Å². The number of thioether (sulfide) groups is 1. The molecule has 0 spiro atoms. The van der Waals surface area contributed by atoms with Crippen LogP contribution in [-0.4, -0.2) is 32.5 Å². The van der Waals surface area contributed by atoms with Gasteiger partial charge in [-0.1, -0.05) is 29.5 Å². The second-order valence-electron chi connectivity index (χ2n) is 7.20. The predicted octanol–water partition coefficient (Wildman–Crippen LogP) is 4.63.